The molecule has 1 N–H and O–H groups in total. The molecule has 0 atom stereocenters. The fraction of sp³-hybridized carbons (Fsp3) is 0.588. The van der Waals surface area contributed by atoms with Crippen LogP contribution in [0.1, 0.15) is 44.2 Å². The van der Waals surface area contributed by atoms with Crippen LogP contribution in [0.4, 0.5) is 0 Å². The SMILES string of the molecule is O=C1OC(C23CC4CC(CC(C4)C2)C3)=N/C1=C/c1ccn[nH]1. The van der Waals surface area contributed by atoms with Gasteiger partial charge in [0.1, 0.15) is 0 Å². The van der Waals surface area contributed by atoms with E-state index in [4.69, 9.17) is 4.74 Å². The molecule has 1 aliphatic heterocycles. The zero-order valence-electron chi connectivity index (χ0n) is 12.4. The van der Waals surface area contributed by atoms with Crippen LogP contribution in [0, 0.1) is 23.2 Å². The lowest BCUT2D eigenvalue weighted by atomic mass is 9.49. The summed E-state index contributed by atoms with van der Waals surface area (Å²) in [5, 5.41) is 6.72. The maximum absolute atomic E-state index is 12.2. The molecule has 4 fully saturated rings. The Labute approximate surface area is 128 Å². The first-order valence-electron chi connectivity index (χ1n) is 8.23. The van der Waals surface area contributed by atoms with Crippen LogP contribution in [-0.2, 0) is 9.53 Å². The molecule has 5 nitrogen and oxygen atoms in total. The Morgan fingerprint density at radius 2 is 1.86 bits per heavy atom. The molecule has 1 aromatic rings. The van der Waals surface area contributed by atoms with E-state index in [1.165, 1.54) is 19.3 Å². The monoisotopic (exact) mass is 297 g/mol. The Balaban J connectivity index is 1.50. The number of hydrogen-bond acceptors (Lipinski definition) is 4. The Morgan fingerprint density at radius 1 is 1.18 bits per heavy atom. The topological polar surface area (TPSA) is 67.3 Å². The summed E-state index contributed by atoms with van der Waals surface area (Å²) in [7, 11) is 0. The molecule has 5 aliphatic rings. The first-order valence-corrected chi connectivity index (χ1v) is 8.23. The van der Waals surface area contributed by atoms with Crippen LogP contribution in [0.2, 0.25) is 0 Å². The molecule has 5 heteroatoms. The number of esters is 1. The van der Waals surface area contributed by atoms with Crippen molar-refractivity contribution in [2.24, 2.45) is 28.2 Å². The van der Waals surface area contributed by atoms with Gasteiger partial charge in [0.15, 0.2) is 5.70 Å². The van der Waals surface area contributed by atoms with Gasteiger partial charge >= 0.3 is 5.97 Å². The van der Waals surface area contributed by atoms with Crippen LogP contribution in [0.15, 0.2) is 23.0 Å². The summed E-state index contributed by atoms with van der Waals surface area (Å²) in [5.74, 6) is 2.82. The Morgan fingerprint density at radius 3 is 2.45 bits per heavy atom. The number of nitrogens with one attached hydrogen (secondary N) is 1. The number of hydrogen-bond donors (Lipinski definition) is 1. The standard InChI is InChI=1S/C17H19N3O2/c21-15-14(6-13-1-2-18-20-13)19-16(22-15)17-7-10-3-11(8-17)5-12(4-10)9-17/h1-2,6,10-12H,3-5,7-9H2,(H,18,20)/b14-6+. The average Bonchev–Trinajstić information content (AvgIpc) is 3.09. The van der Waals surface area contributed by atoms with Gasteiger partial charge in [0.05, 0.1) is 5.69 Å². The van der Waals surface area contributed by atoms with Gasteiger partial charge in [-0.25, -0.2) is 9.79 Å². The normalized spacial score (nSPS) is 41.1. The second-order valence-corrected chi connectivity index (χ2v) is 7.55. The lowest BCUT2D eigenvalue weighted by Gasteiger charge is -2.55. The Hall–Kier alpha value is -1.91. The Bertz CT molecular complexity index is 651. The summed E-state index contributed by atoms with van der Waals surface area (Å²) in [6.45, 7) is 0. The highest BCUT2D eigenvalue weighted by molar-refractivity contribution is 6.08. The molecule has 0 amide bonds. The van der Waals surface area contributed by atoms with Gasteiger partial charge in [-0.15, -0.1) is 0 Å². The third kappa shape index (κ3) is 1.81. The summed E-state index contributed by atoms with van der Waals surface area (Å²) >= 11 is 0. The predicted octanol–water partition coefficient (Wildman–Crippen LogP) is 2.92. The molecule has 4 saturated carbocycles. The summed E-state index contributed by atoms with van der Waals surface area (Å²) in [5.41, 5.74) is 1.21. The van der Waals surface area contributed by atoms with E-state index >= 15 is 0 Å². The molecule has 2 heterocycles. The summed E-state index contributed by atoms with van der Waals surface area (Å²) in [4.78, 5) is 16.8. The van der Waals surface area contributed by atoms with Crippen molar-refractivity contribution in [2.75, 3.05) is 0 Å². The highest BCUT2D eigenvalue weighted by atomic mass is 16.6. The molecule has 4 aliphatic carbocycles. The van der Waals surface area contributed by atoms with E-state index in [2.05, 4.69) is 15.2 Å². The van der Waals surface area contributed by atoms with Crippen LogP contribution in [0.5, 0.6) is 0 Å². The maximum Gasteiger partial charge on any atom is 0.363 e. The zero-order chi connectivity index (χ0) is 14.7. The van der Waals surface area contributed by atoms with Crippen molar-refractivity contribution < 1.29 is 9.53 Å². The number of ether oxygens (including phenoxy) is 1. The number of cyclic esters (lactones) is 1. The van der Waals surface area contributed by atoms with Crippen molar-refractivity contribution in [1.29, 1.82) is 0 Å². The molecule has 0 spiro atoms. The van der Waals surface area contributed by atoms with E-state index in [0.717, 1.165) is 42.7 Å². The van der Waals surface area contributed by atoms with Crippen molar-refractivity contribution in [1.82, 2.24) is 10.2 Å². The minimum absolute atomic E-state index is 0.0357. The molecular weight excluding hydrogens is 278 g/mol. The van der Waals surface area contributed by atoms with Crippen molar-refractivity contribution in [3.63, 3.8) is 0 Å². The number of aliphatic imine (C=N–C) groups is 1. The third-order valence-corrected chi connectivity index (χ3v) is 5.93. The number of nitrogens with zero attached hydrogens (tertiary/aromatic N) is 2. The van der Waals surface area contributed by atoms with Crippen molar-refractivity contribution in [3.8, 4) is 0 Å². The Kier molecular flexibility index (Phi) is 2.47. The van der Waals surface area contributed by atoms with Gasteiger partial charge in [-0.3, -0.25) is 5.10 Å². The first-order chi connectivity index (χ1) is 10.7. The van der Waals surface area contributed by atoms with Gasteiger partial charge in [-0.1, -0.05) is 0 Å². The molecule has 22 heavy (non-hydrogen) atoms. The van der Waals surface area contributed by atoms with Gasteiger partial charge in [-0.05, 0) is 68.4 Å². The fourth-order valence-corrected chi connectivity index (χ4v) is 5.50. The minimum Gasteiger partial charge on any atom is -0.406 e. The number of aromatic nitrogens is 2. The number of carbonyl (C=O) groups is 1. The molecule has 0 unspecified atom stereocenters. The molecule has 0 saturated heterocycles. The second kappa shape index (κ2) is 4.31. The van der Waals surface area contributed by atoms with E-state index in [1.807, 2.05) is 6.07 Å². The number of carbonyl (C=O) groups excluding carboxylic acids is 1. The highest BCUT2D eigenvalue weighted by Crippen LogP contribution is 2.61. The quantitative estimate of drug-likeness (QED) is 0.674. The average molecular weight is 297 g/mol. The van der Waals surface area contributed by atoms with Crippen LogP contribution in [0.3, 0.4) is 0 Å². The molecule has 0 radical (unpaired) electrons. The summed E-state index contributed by atoms with van der Waals surface area (Å²) in [6.07, 6.45) is 11.0. The van der Waals surface area contributed by atoms with Crippen LogP contribution in [-0.4, -0.2) is 22.1 Å². The van der Waals surface area contributed by atoms with Gasteiger partial charge in [-0.2, -0.15) is 5.10 Å². The van der Waals surface area contributed by atoms with E-state index in [9.17, 15) is 4.79 Å². The van der Waals surface area contributed by atoms with E-state index < -0.39 is 0 Å². The largest absolute Gasteiger partial charge is 0.406 e. The first kappa shape index (κ1) is 12.6. The van der Waals surface area contributed by atoms with Gasteiger partial charge < -0.3 is 4.74 Å². The minimum atomic E-state index is -0.319. The number of aromatic amines is 1. The van der Waals surface area contributed by atoms with Crippen molar-refractivity contribution in [2.45, 2.75) is 38.5 Å². The van der Waals surface area contributed by atoms with E-state index in [-0.39, 0.29) is 11.4 Å². The molecule has 6 rings (SSSR count). The van der Waals surface area contributed by atoms with Crippen LogP contribution in [0.25, 0.3) is 6.08 Å². The highest BCUT2D eigenvalue weighted by Gasteiger charge is 2.55. The third-order valence-electron chi connectivity index (χ3n) is 5.93. The predicted molar refractivity (Wildman–Crippen MR) is 80.7 cm³/mol. The molecule has 0 aromatic carbocycles. The van der Waals surface area contributed by atoms with Gasteiger partial charge in [0.25, 0.3) is 0 Å². The van der Waals surface area contributed by atoms with E-state index in [0.29, 0.717) is 11.6 Å². The summed E-state index contributed by atoms with van der Waals surface area (Å²) < 4.78 is 5.62. The smallest absolute Gasteiger partial charge is 0.363 e. The van der Waals surface area contributed by atoms with Gasteiger partial charge in [0.2, 0.25) is 5.90 Å². The van der Waals surface area contributed by atoms with Crippen LogP contribution >= 0.6 is 0 Å². The van der Waals surface area contributed by atoms with Crippen LogP contribution < -0.4 is 0 Å². The lowest BCUT2D eigenvalue weighted by molar-refractivity contribution is -0.131. The second-order valence-electron chi connectivity index (χ2n) is 7.55. The number of H-pyrrole nitrogens is 1. The molecule has 1 aromatic heterocycles. The lowest BCUT2D eigenvalue weighted by Crippen LogP contribution is -2.50. The van der Waals surface area contributed by atoms with Crippen molar-refractivity contribution >= 4 is 17.9 Å². The van der Waals surface area contributed by atoms with Gasteiger partial charge in [0, 0.05) is 11.6 Å². The zero-order valence-corrected chi connectivity index (χ0v) is 12.4. The van der Waals surface area contributed by atoms with E-state index in [1.54, 1.807) is 12.3 Å². The molecular formula is C17H19N3O2. The fourth-order valence-electron chi connectivity index (χ4n) is 5.50. The molecule has 4 bridgehead atoms. The molecule has 114 valence electrons. The van der Waals surface area contributed by atoms with Crippen molar-refractivity contribution in [3.05, 3.63) is 23.7 Å². The maximum atomic E-state index is 12.2. The number of rotatable bonds is 2. The summed E-state index contributed by atoms with van der Waals surface area (Å²) in [6, 6.07) is 1.82.